The van der Waals surface area contributed by atoms with Crippen LogP contribution in [0.1, 0.15) is 133 Å². The van der Waals surface area contributed by atoms with E-state index in [4.69, 9.17) is 34.8 Å². The SMILES string of the molecule is C#CCOC(=O)[C@H](CC)[C@H]1CC[C@H](C)[C@H]([C@@H](C)[C@H](O)[C@H](C)C(=O)[C@H](CC)[C@H]2O[C@]3(C=C[C@H](O)[C@]4(CC[C@@](C)([C@H]5CC[C@](O)(CC)[C@H](C)O5)O4)O3)[C@H](C)C[C@@H]2C)O1. The molecule has 4 fully saturated rings. The van der Waals surface area contributed by atoms with Gasteiger partial charge in [0.05, 0.1) is 53.7 Å². The van der Waals surface area contributed by atoms with E-state index in [0.29, 0.717) is 57.8 Å². The fourth-order valence-corrected chi connectivity index (χ4v) is 10.7. The largest absolute Gasteiger partial charge is 0.452 e. The van der Waals surface area contributed by atoms with Crippen LogP contribution in [0.15, 0.2) is 12.2 Å². The fraction of sp³-hybridized carbons (Fsp3) is 0.867. The minimum atomic E-state index is -1.37. The van der Waals surface area contributed by atoms with Gasteiger partial charge >= 0.3 is 5.97 Å². The Bertz CT molecular complexity index is 1440. The lowest BCUT2D eigenvalue weighted by Crippen LogP contribution is -2.63. The van der Waals surface area contributed by atoms with Crippen LogP contribution in [0.2, 0.25) is 0 Å². The molecule has 18 atom stereocenters. The number of hydrogen-bond acceptors (Lipinski definition) is 11. The van der Waals surface area contributed by atoms with Crippen LogP contribution in [0.4, 0.5) is 0 Å². The Hall–Kier alpha value is -1.88. The maximum atomic E-state index is 14.5. The second-order valence-corrected chi connectivity index (χ2v) is 18.4. The minimum Gasteiger partial charge on any atom is -0.452 e. The summed E-state index contributed by atoms with van der Waals surface area (Å²) >= 11 is 0. The second kappa shape index (κ2) is 17.8. The third-order valence-electron chi connectivity index (χ3n) is 14.7. The lowest BCUT2D eigenvalue weighted by atomic mass is 9.72. The lowest BCUT2D eigenvalue weighted by Gasteiger charge is -2.54. The van der Waals surface area contributed by atoms with Gasteiger partial charge in [-0.05, 0) is 95.6 Å². The van der Waals surface area contributed by atoms with Crippen LogP contribution in [-0.4, -0.2) is 99.2 Å². The van der Waals surface area contributed by atoms with Gasteiger partial charge in [-0.15, -0.1) is 6.42 Å². The van der Waals surface area contributed by atoms with Gasteiger partial charge in [0.2, 0.25) is 5.79 Å². The molecule has 0 unspecified atom stereocenters. The van der Waals surface area contributed by atoms with Crippen molar-refractivity contribution in [3.8, 4) is 12.3 Å². The van der Waals surface area contributed by atoms with Crippen molar-refractivity contribution >= 4 is 11.8 Å². The highest BCUT2D eigenvalue weighted by atomic mass is 16.8. The topological polar surface area (TPSA) is 150 Å². The number of ether oxygens (including phenoxy) is 6. The molecule has 11 nitrogen and oxygen atoms in total. The first-order valence-corrected chi connectivity index (χ1v) is 21.6. The van der Waals surface area contributed by atoms with Crippen molar-refractivity contribution in [1.29, 1.82) is 0 Å². The molecule has 0 saturated carbocycles. The Labute approximate surface area is 335 Å². The van der Waals surface area contributed by atoms with Crippen LogP contribution >= 0.6 is 0 Å². The highest BCUT2D eigenvalue weighted by Crippen LogP contribution is 2.54. The predicted molar refractivity (Wildman–Crippen MR) is 211 cm³/mol. The average Bonchev–Trinajstić information content (AvgIpc) is 3.52. The van der Waals surface area contributed by atoms with Crippen LogP contribution in [-0.2, 0) is 38.0 Å². The number of carbonyl (C=O) groups is 2. The summed E-state index contributed by atoms with van der Waals surface area (Å²) in [6, 6.07) is 0. The smallest absolute Gasteiger partial charge is 0.312 e. The highest BCUT2D eigenvalue weighted by molar-refractivity contribution is 5.84. The van der Waals surface area contributed by atoms with Crippen molar-refractivity contribution in [1.82, 2.24) is 0 Å². The van der Waals surface area contributed by atoms with Crippen molar-refractivity contribution in [2.24, 2.45) is 41.4 Å². The summed E-state index contributed by atoms with van der Waals surface area (Å²) in [7, 11) is 0. The van der Waals surface area contributed by atoms with Crippen molar-refractivity contribution in [3.63, 3.8) is 0 Å². The zero-order valence-electron chi connectivity index (χ0n) is 35.7. The van der Waals surface area contributed by atoms with E-state index in [0.717, 1.165) is 6.42 Å². The first-order chi connectivity index (χ1) is 26.3. The molecule has 4 saturated heterocycles. The summed E-state index contributed by atoms with van der Waals surface area (Å²) < 4.78 is 39.0. The number of carbonyl (C=O) groups excluding carboxylic acids is 2. The average molecular weight is 789 g/mol. The molecular formula is C45H72O11. The van der Waals surface area contributed by atoms with Crippen LogP contribution in [0, 0.1) is 53.8 Å². The van der Waals surface area contributed by atoms with Crippen LogP contribution in [0.25, 0.3) is 0 Å². The van der Waals surface area contributed by atoms with Gasteiger partial charge < -0.3 is 43.7 Å². The zero-order valence-corrected chi connectivity index (χ0v) is 35.7. The monoisotopic (exact) mass is 789 g/mol. The summed E-state index contributed by atoms with van der Waals surface area (Å²) in [6.45, 7) is 19.7. The van der Waals surface area contributed by atoms with Gasteiger partial charge in [-0.3, -0.25) is 9.59 Å². The van der Waals surface area contributed by atoms with Crippen LogP contribution in [0.3, 0.4) is 0 Å². The highest BCUT2D eigenvalue weighted by Gasteiger charge is 2.63. The molecule has 5 heterocycles. The number of esters is 1. The predicted octanol–water partition coefficient (Wildman–Crippen LogP) is 6.28. The number of rotatable bonds is 13. The summed E-state index contributed by atoms with van der Waals surface area (Å²) in [6.07, 6.45) is 11.0. The fourth-order valence-electron chi connectivity index (χ4n) is 10.7. The Morgan fingerprint density at radius 3 is 2.27 bits per heavy atom. The van der Waals surface area contributed by atoms with E-state index in [-0.39, 0.29) is 66.4 Å². The number of aliphatic hydroxyl groups excluding tert-OH is 2. The molecule has 0 amide bonds. The van der Waals surface area contributed by atoms with E-state index in [9.17, 15) is 24.9 Å². The molecule has 0 bridgehead atoms. The first-order valence-electron chi connectivity index (χ1n) is 21.6. The van der Waals surface area contributed by atoms with Gasteiger partial charge in [0.15, 0.2) is 12.4 Å². The maximum absolute atomic E-state index is 14.5. The van der Waals surface area contributed by atoms with Gasteiger partial charge in [0.1, 0.15) is 11.9 Å². The normalized spacial score (nSPS) is 44.1. The molecule has 0 aromatic heterocycles. The zero-order chi connectivity index (χ0) is 41.4. The number of ketones is 1. The quantitative estimate of drug-likeness (QED) is 0.110. The number of hydrogen-bond donors (Lipinski definition) is 3. The molecule has 11 heteroatoms. The molecule has 0 radical (unpaired) electrons. The molecule has 56 heavy (non-hydrogen) atoms. The third-order valence-corrected chi connectivity index (χ3v) is 14.7. The number of Topliss-reactive ketones (excluding diaryl/α,β-unsaturated/α-hetero) is 1. The number of terminal acetylenes is 1. The Kier molecular flexibility index (Phi) is 14.3. The molecule has 5 aliphatic heterocycles. The van der Waals surface area contributed by atoms with Gasteiger partial charge in [0.25, 0.3) is 0 Å². The van der Waals surface area contributed by atoms with E-state index in [1.54, 1.807) is 19.1 Å². The molecule has 0 aromatic rings. The summed E-state index contributed by atoms with van der Waals surface area (Å²) in [4.78, 5) is 27.3. The lowest BCUT2D eigenvalue weighted by molar-refractivity contribution is -0.409. The van der Waals surface area contributed by atoms with E-state index in [2.05, 4.69) is 26.7 Å². The third kappa shape index (κ3) is 8.56. The summed E-state index contributed by atoms with van der Waals surface area (Å²) in [5, 5.41) is 34.4. The minimum absolute atomic E-state index is 0.0120. The van der Waals surface area contributed by atoms with Gasteiger partial charge in [-0.2, -0.15) is 0 Å². The first kappa shape index (κ1) is 45.2. The molecule has 0 aromatic carbocycles. The molecule has 2 spiro atoms. The molecule has 5 rings (SSSR count). The second-order valence-electron chi connectivity index (χ2n) is 18.4. The Morgan fingerprint density at radius 2 is 1.64 bits per heavy atom. The van der Waals surface area contributed by atoms with Crippen LogP contribution in [0.5, 0.6) is 0 Å². The van der Waals surface area contributed by atoms with Crippen molar-refractivity contribution in [2.75, 3.05) is 6.61 Å². The maximum Gasteiger partial charge on any atom is 0.312 e. The van der Waals surface area contributed by atoms with Gasteiger partial charge in [-0.1, -0.05) is 61.3 Å². The van der Waals surface area contributed by atoms with Gasteiger partial charge in [-0.25, -0.2) is 0 Å². The number of aliphatic hydroxyl groups is 3. The molecule has 3 N–H and O–H groups in total. The molecule has 5 aliphatic rings. The summed E-state index contributed by atoms with van der Waals surface area (Å²) in [5.74, 6) is -2.78. The Morgan fingerprint density at radius 1 is 0.946 bits per heavy atom. The molecular weight excluding hydrogens is 716 g/mol. The Balaban J connectivity index is 1.30. The van der Waals surface area contributed by atoms with E-state index >= 15 is 0 Å². The van der Waals surface area contributed by atoms with Gasteiger partial charge in [0, 0.05) is 30.1 Å². The van der Waals surface area contributed by atoms with E-state index in [1.807, 2.05) is 41.5 Å². The van der Waals surface area contributed by atoms with E-state index < -0.39 is 58.8 Å². The van der Waals surface area contributed by atoms with Crippen LogP contribution < -0.4 is 0 Å². The molecule has 0 aliphatic carbocycles. The standard InChI is InChI=1S/C45H72O11/c1-12-24-51-41(49)32(13-2)34-17-16-26(5)39(53-34)30(9)37(47)29(8)38(48)33(14-3)40-27(6)25-28(7)44(54-40)21-18-35(46)45(56-44)23-22-42(11,55-45)36-19-20-43(50,15-4)31(10)52-36/h1,18,21,26-37,39-40,46-47,50H,13-17,19-20,22-25H2,2-11H3/t26-,27-,28+,29-,30-,31-,32+,33-,34+,35-,36+,37+,39+,40-,42-,43+,44-,45-/m0/s1. The van der Waals surface area contributed by atoms with Crippen molar-refractivity contribution in [2.45, 2.75) is 199 Å². The van der Waals surface area contributed by atoms with E-state index in [1.165, 1.54) is 0 Å². The van der Waals surface area contributed by atoms with Crippen molar-refractivity contribution in [3.05, 3.63) is 12.2 Å². The van der Waals surface area contributed by atoms with Crippen molar-refractivity contribution < 1.29 is 53.3 Å². The summed E-state index contributed by atoms with van der Waals surface area (Å²) in [5.41, 5.74) is -1.63. The molecule has 318 valence electrons.